The van der Waals surface area contributed by atoms with E-state index >= 15 is 0 Å². The lowest BCUT2D eigenvalue weighted by atomic mass is 10.2. The van der Waals surface area contributed by atoms with Crippen molar-refractivity contribution in [2.45, 2.75) is 19.8 Å². The summed E-state index contributed by atoms with van der Waals surface area (Å²) in [7, 11) is 0. The van der Waals surface area contributed by atoms with Gasteiger partial charge in [0.05, 0.1) is 10.7 Å². The first-order valence-electron chi connectivity index (χ1n) is 4.74. The summed E-state index contributed by atoms with van der Waals surface area (Å²) in [5.41, 5.74) is 1.91. The molecule has 0 aromatic carbocycles. The minimum atomic E-state index is 0.489. The van der Waals surface area contributed by atoms with Crippen LogP contribution in [-0.4, -0.2) is 9.97 Å². The third-order valence-corrected chi connectivity index (χ3v) is 3.99. The molecule has 4 heteroatoms. The fourth-order valence-corrected chi connectivity index (χ4v) is 2.81. The minimum absolute atomic E-state index is 0.489. The number of aromatic nitrogens is 2. The van der Waals surface area contributed by atoms with Crippen LogP contribution in [0.4, 0.5) is 0 Å². The molecule has 78 valence electrons. The van der Waals surface area contributed by atoms with Crippen molar-refractivity contribution in [1.29, 1.82) is 0 Å². The SMILES string of the molecule is C=Cc1csc(-c2csc(C(C)C)n2)n1. The molecule has 2 heterocycles. The Bertz CT molecular complexity index is 468. The summed E-state index contributed by atoms with van der Waals surface area (Å²) in [5.74, 6) is 0.489. The smallest absolute Gasteiger partial charge is 0.143 e. The lowest BCUT2D eigenvalue weighted by molar-refractivity contribution is 0.853. The molecule has 0 N–H and O–H groups in total. The van der Waals surface area contributed by atoms with E-state index in [0.717, 1.165) is 16.4 Å². The van der Waals surface area contributed by atoms with Gasteiger partial charge in [-0.2, -0.15) is 0 Å². The van der Waals surface area contributed by atoms with E-state index in [1.165, 1.54) is 5.01 Å². The van der Waals surface area contributed by atoms with Crippen LogP contribution in [0, 0.1) is 0 Å². The molecule has 0 spiro atoms. The van der Waals surface area contributed by atoms with Crippen LogP contribution in [0.5, 0.6) is 0 Å². The second kappa shape index (κ2) is 4.24. The zero-order valence-electron chi connectivity index (χ0n) is 8.73. The number of rotatable bonds is 3. The molecule has 0 unspecified atom stereocenters. The lowest BCUT2D eigenvalue weighted by Gasteiger charge is -1.95. The van der Waals surface area contributed by atoms with Gasteiger partial charge in [0, 0.05) is 16.7 Å². The number of hydrogen-bond acceptors (Lipinski definition) is 4. The molecule has 0 amide bonds. The van der Waals surface area contributed by atoms with Gasteiger partial charge in [0.15, 0.2) is 0 Å². The summed E-state index contributed by atoms with van der Waals surface area (Å²) in [6.45, 7) is 8.00. The average molecular weight is 236 g/mol. The predicted octanol–water partition coefficient (Wildman–Crippen LogP) is 4.03. The molecule has 2 aromatic rings. The molecule has 0 fully saturated rings. The van der Waals surface area contributed by atoms with Crippen LogP contribution in [-0.2, 0) is 0 Å². The third-order valence-electron chi connectivity index (χ3n) is 1.97. The highest BCUT2D eigenvalue weighted by Gasteiger charge is 2.09. The van der Waals surface area contributed by atoms with Crippen molar-refractivity contribution >= 4 is 28.7 Å². The maximum Gasteiger partial charge on any atom is 0.143 e. The summed E-state index contributed by atoms with van der Waals surface area (Å²) < 4.78 is 0. The predicted molar refractivity (Wildman–Crippen MR) is 67.4 cm³/mol. The van der Waals surface area contributed by atoms with Crippen LogP contribution in [0.3, 0.4) is 0 Å². The molecule has 0 radical (unpaired) electrons. The fraction of sp³-hybridized carbons (Fsp3) is 0.273. The average Bonchev–Trinajstić information content (AvgIpc) is 2.86. The van der Waals surface area contributed by atoms with E-state index in [9.17, 15) is 0 Å². The highest BCUT2D eigenvalue weighted by Crippen LogP contribution is 2.28. The van der Waals surface area contributed by atoms with Gasteiger partial charge in [0.2, 0.25) is 0 Å². The van der Waals surface area contributed by atoms with Crippen LogP contribution < -0.4 is 0 Å². The molecule has 2 rings (SSSR count). The van der Waals surface area contributed by atoms with Crippen LogP contribution >= 0.6 is 22.7 Å². The lowest BCUT2D eigenvalue weighted by Crippen LogP contribution is -1.85. The van der Waals surface area contributed by atoms with Crippen LogP contribution in [0.15, 0.2) is 17.3 Å². The normalized spacial score (nSPS) is 10.9. The second-order valence-corrected chi connectivity index (χ2v) is 5.26. The minimum Gasteiger partial charge on any atom is -0.238 e. The van der Waals surface area contributed by atoms with Gasteiger partial charge >= 0.3 is 0 Å². The first kappa shape index (κ1) is 10.5. The van der Waals surface area contributed by atoms with E-state index in [-0.39, 0.29) is 0 Å². The van der Waals surface area contributed by atoms with Crippen molar-refractivity contribution in [2.75, 3.05) is 0 Å². The van der Waals surface area contributed by atoms with E-state index in [1.54, 1.807) is 28.7 Å². The van der Waals surface area contributed by atoms with Gasteiger partial charge < -0.3 is 0 Å². The molecular formula is C11H12N2S2. The summed E-state index contributed by atoms with van der Waals surface area (Å²) in [5, 5.41) is 6.21. The topological polar surface area (TPSA) is 25.8 Å². The van der Waals surface area contributed by atoms with Gasteiger partial charge in [-0.15, -0.1) is 22.7 Å². The highest BCUT2D eigenvalue weighted by molar-refractivity contribution is 7.14. The van der Waals surface area contributed by atoms with E-state index in [2.05, 4.69) is 35.8 Å². The monoisotopic (exact) mass is 236 g/mol. The molecule has 0 saturated carbocycles. The van der Waals surface area contributed by atoms with Gasteiger partial charge in [-0.3, -0.25) is 0 Å². The summed E-state index contributed by atoms with van der Waals surface area (Å²) in [6.07, 6.45) is 1.76. The van der Waals surface area contributed by atoms with Crippen LogP contribution in [0.2, 0.25) is 0 Å². The molecule has 0 atom stereocenters. The molecule has 2 nitrogen and oxygen atoms in total. The van der Waals surface area contributed by atoms with Crippen LogP contribution in [0.25, 0.3) is 16.8 Å². The molecule has 0 saturated heterocycles. The number of nitrogens with zero attached hydrogens (tertiary/aromatic N) is 2. The Morgan fingerprint density at radius 2 is 2.07 bits per heavy atom. The number of hydrogen-bond donors (Lipinski definition) is 0. The van der Waals surface area contributed by atoms with Crippen molar-refractivity contribution in [3.63, 3.8) is 0 Å². The van der Waals surface area contributed by atoms with E-state index in [1.807, 2.05) is 5.38 Å². The second-order valence-electron chi connectivity index (χ2n) is 3.51. The maximum absolute atomic E-state index is 4.56. The summed E-state index contributed by atoms with van der Waals surface area (Å²) >= 11 is 3.31. The Hall–Kier alpha value is -1.00. The first-order chi connectivity index (χ1) is 7.20. The van der Waals surface area contributed by atoms with Crippen LogP contribution in [0.1, 0.15) is 30.5 Å². The molecule has 0 bridgehead atoms. The number of thiazole rings is 2. The largest absolute Gasteiger partial charge is 0.238 e. The third kappa shape index (κ3) is 2.16. The Morgan fingerprint density at radius 1 is 1.27 bits per heavy atom. The van der Waals surface area contributed by atoms with Gasteiger partial charge in [-0.05, 0) is 6.08 Å². The summed E-state index contributed by atoms with van der Waals surface area (Å²) in [6, 6.07) is 0. The zero-order chi connectivity index (χ0) is 10.8. The van der Waals surface area contributed by atoms with Gasteiger partial charge in [0.1, 0.15) is 10.7 Å². The first-order valence-corrected chi connectivity index (χ1v) is 6.50. The van der Waals surface area contributed by atoms with Gasteiger partial charge in [0.25, 0.3) is 0 Å². The van der Waals surface area contributed by atoms with Gasteiger partial charge in [-0.1, -0.05) is 20.4 Å². The van der Waals surface area contributed by atoms with E-state index in [0.29, 0.717) is 5.92 Å². The Kier molecular flexibility index (Phi) is 2.98. The zero-order valence-corrected chi connectivity index (χ0v) is 10.4. The molecular weight excluding hydrogens is 224 g/mol. The fourth-order valence-electron chi connectivity index (χ4n) is 1.15. The van der Waals surface area contributed by atoms with Crippen molar-refractivity contribution < 1.29 is 0 Å². The molecule has 0 aliphatic carbocycles. The summed E-state index contributed by atoms with van der Waals surface area (Å²) in [4.78, 5) is 8.98. The Morgan fingerprint density at radius 3 is 2.60 bits per heavy atom. The Balaban J connectivity index is 2.32. The molecule has 0 aliphatic heterocycles. The Labute approximate surface area is 97.3 Å². The maximum atomic E-state index is 4.56. The van der Waals surface area contributed by atoms with Crippen molar-refractivity contribution in [3.05, 3.63) is 28.0 Å². The van der Waals surface area contributed by atoms with Crippen molar-refractivity contribution in [1.82, 2.24) is 9.97 Å². The highest BCUT2D eigenvalue weighted by atomic mass is 32.1. The molecule has 2 aromatic heterocycles. The van der Waals surface area contributed by atoms with Crippen molar-refractivity contribution in [3.8, 4) is 10.7 Å². The molecule has 0 aliphatic rings. The van der Waals surface area contributed by atoms with E-state index in [4.69, 9.17) is 0 Å². The van der Waals surface area contributed by atoms with Crippen molar-refractivity contribution in [2.24, 2.45) is 0 Å². The van der Waals surface area contributed by atoms with E-state index < -0.39 is 0 Å². The quantitative estimate of drug-likeness (QED) is 0.804. The standard InChI is InChI=1S/C11H12N2S2/c1-4-8-5-14-11(12-8)9-6-15-10(13-9)7(2)3/h4-7H,1H2,2-3H3. The molecule has 15 heavy (non-hydrogen) atoms. The van der Waals surface area contributed by atoms with Gasteiger partial charge in [-0.25, -0.2) is 9.97 Å².